The summed E-state index contributed by atoms with van der Waals surface area (Å²) in [6, 6.07) is 15.6. The minimum Gasteiger partial charge on any atom is -0.508 e. The average molecular weight is 570 g/mol. The number of carbonyl (C=O) groups excluding carboxylic acids is 2. The Labute approximate surface area is 243 Å². The molecule has 0 radical (unpaired) electrons. The van der Waals surface area contributed by atoms with E-state index in [0.717, 1.165) is 33.3 Å². The Hall–Kier alpha value is -4.70. The maximum absolute atomic E-state index is 13.9. The predicted octanol–water partition coefficient (Wildman–Crippen LogP) is 3.05. The van der Waals surface area contributed by atoms with Crippen LogP contribution in [-0.2, 0) is 40.8 Å². The van der Waals surface area contributed by atoms with Crippen LogP contribution in [0.4, 0.5) is 0 Å². The molecule has 3 aromatic carbocycles. The van der Waals surface area contributed by atoms with Crippen LogP contribution >= 0.6 is 0 Å². The van der Waals surface area contributed by atoms with E-state index < -0.39 is 30.0 Å². The largest absolute Gasteiger partial charge is 0.508 e. The molecule has 10 heteroatoms. The molecule has 2 amide bonds. The van der Waals surface area contributed by atoms with E-state index in [1.807, 2.05) is 62.4 Å². The van der Waals surface area contributed by atoms with Gasteiger partial charge in [-0.05, 0) is 72.4 Å². The number of aromatic nitrogens is 2. The number of imidazole rings is 1. The Morgan fingerprint density at radius 3 is 2.36 bits per heavy atom. The predicted molar refractivity (Wildman–Crippen MR) is 158 cm³/mol. The van der Waals surface area contributed by atoms with Crippen LogP contribution in [0.2, 0.25) is 0 Å². The molecule has 0 saturated carbocycles. The number of benzene rings is 3. The van der Waals surface area contributed by atoms with E-state index in [0.29, 0.717) is 11.3 Å². The van der Waals surface area contributed by atoms with Crippen LogP contribution in [-0.4, -0.2) is 54.5 Å². The molecule has 10 nitrogen and oxygen atoms in total. The number of carbonyl (C=O) groups is 3. The number of nitrogens with one attached hydrogen (secondary N) is 1. The third-order valence-corrected chi connectivity index (χ3v) is 8.08. The molecule has 0 bridgehead atoms. The number of rotatable bonds is 8. The topological polar surface area (TPSA) is 151 Å². The third kappa shape index (κ3) is 5.71. The summed E-state index contributed by atoms with van der Waals surface area (Å²) in [4.78, 5) is 45.8. The standard InChI is InChI=1S/C32H35N5O5/c1-18-12-22(38)13-19(2)23(18)15-24(33)32(42)37-17-21-9-5-4-8-20(21)14-28(37)31(41)35-26(16-29(39)40)30-34-25-10-6-7-11-27(25)36(30)3/h4-13,24,26,28,38H,14-17,33H2,1-3H3,(H,35,41)(H,39,40)/t24-,26-,28-/m0/s1. The molecule has 1 aliphatic rings. The van der Waals surface area contributed by atoms with Gasteiger partial charge in [0.25, 0.3) is 0 Å². The van der Waals surface area contributed by atoms with E-state index in [2.05, 4.69) is 10.3 Å². The highest BCUT2D eigenvalue weighted by atomic mass is 16.4. The van der Waals surface area contributed by atoms with Crippen molar-refractivity contribution in [2.75, 3.05) is 0 Å². The number of aliphatic carboxylic acids is 1. The van der Waals surface area contributed by atoms with Crippen molar-refractivity contribution in [2.45, 2.75) is 57.8 Å². The molecule has 42 heavy (non-hydrogen) atoms. The number of amides is 2. The summed E-state index contributed by atoms with van der Waals surface area (Å²) in [5.41, 5.74) is 12.4. The number of hydrogen-bond acceptors (Lipinski definition) is 6. The number of fused-ring (bicyclic) bond motifs is 2. The Balaban J connectivity index is 1.44. The number of hydrogen-bond donors (Lipinski definition) is 4. The zero-order valence-corrected chi connectivity index (χ0v) is 23.9. The molecule has 0 spiro atoms. The molecule has 1 aromatic heterocycles. The molecular weight excluding hydrogens is 534 g/mol. The van der Waals surface area contributed by atoms with Gasteiger partial charge >= 0.3 is 5.97 Å². The molecule has 0 saturated heterocycles. The maximum atomic E-state index is 13.9. The van der Waals surface area contributed by atoms with Crippen LogP contribution in [0.5, 0.6) is 5.75 Å². The number of phenols is 1. The molecule has 0 fully saturated rings. The Morgan fingerprint density at radius 1 is 1.05 bits per heavy atom. The normalized spacial score (nSPS) is 16.1. The van der Waals surface area contributed by atoms with Crippen LogP contribution in [0.1, 0.15) is 46.1 Å². The van der Waals surface area contributed by atoms with Gasteiger partial charge in [0.15, 0.2) is 0 Å². The fourth-order valence-corrected chi connectivity index (χ4v) is 5.93. The van der Waals surface area contributed by atoms with Gasteiger partial charge in [-0.25, -0.2) is 4.98 Å². The third-order valence-electron chi connectivity index (χ3n) is 8.08. The number of carboxylic acid groups (broad SMARTS) is 1. The van der Waals surface area contributed by atoms with Crippen LogP contribution in [0.15, 0.2) is 60.7 Å². The fourth-order valence-electron chi connectivity index (χ4n) is 5.93. The highest BCUT2D eigenvalue weighted by Gasteiger charge is 2.38. The van der Waals surface area contributed by atoms with Gasteiger partial charge in [-0.3, -0.25) is 14.4 Å². The highest BCUT2D eigenvalue weighted by Crippen LogP contribution is 2.28. The first kappa shape index (κ1) is 28.8. The van der Waals surface area contributed by atoms with E-state index in [9.17, 15) is 24.6 Å². The van der Waals surface area contributed by atoms with Crippen LogP contribution < -0.4 is 11.1 Å². The van der Waals surface area contributed by atoms with Gasteiger partial charge in [0.05, 0.1) is 29.5 Å². The molecule has 0 unspecified atom stereocenters. The van der Waals surface area contributed by atoms with E-state index in [4.69, 9.17) is 5.73 Å². The van der Waals surface area contributed by atoms with E-state index in [1.165, 1.54) is 4.90 Å². The van der Waals surface area contributed by atoms with Gasteiger partial charge in [0.1, 0.15) is 17.6 Å². The van der Waals surface area contributed by atoms with Gasteiger partial charge < -0.3 is 30.7 Å². The number of para-hydroxylation sites is 2. The molecule has 1 aliphatic heterocycles. The first-order valence-corrected chi connectivity index (χ1v) is 13.9. The zero-order valence-electron chi connectivity index (χ0n) is 23.9. The molecule has 2 heterocycles. The monoisotopic (exact) mass is 569 g/mol. The number of nitrogens with zero attached hydrogens (tertiary/aromatic N) is 3. The van der Waals surface area contributed by atoms with Crippen molar-refractivity contribution in [3.8, 4) is 5.75 Å². The number of carboxylic acids is 1. The SMILES string of the molecule is Cc1cc(O)cc(C)c1C[C@H](N)C(=O)N1Cc2ccccc2C[C@H]1C(=O)N[C@@H](CC(=O)O)c1nc2ccccc2n1C. The molecule has 0 aliphatic carbocycles. The fraction of sp³-hybridized carbons (Fsp3) is 0.312. The summed E-state index contributed by atoms with van der Waals surface area (Å²) in [6.07, 6.45) is 0.129. The highest BCUT2D eigenvalue weighted by molar-refractivity contribution is 5.91. The lowest BCUT2D eigenvalue weighted by Crippen LogP contribution is -2.57. The molecule has 4 aromatic rings. The molecular formula is C32H35N5O5. The minimum atomic E-state index is -1.09. The smallest absolute Gasteiger partial charge is 0.305 e. The van der Waals surface area contributed by atoms with E-state index in [-0.39, 0.29) is 37.5 Å². The van der Waals surface area contributed by atoms with Crippen molar-refractivity contribution in [1.29, 1.82) is 0 Å². The molecule has 5 rings (SSSR count). The summed E-state index contributed by atoms with van der Waals surface area (Å²) in [6.45, 7) is 3.91. The molecule has 3 atom stereocenters. The summed E-state index contributed by atoms with van der Waals surface area (Å²) in [5, 5.41) is 22.5. The second-order valence-electron chi connectivity index (χ2n) is 11.0. The van der Waals surface area contributed by atoms with Gasteiger partial charge in [0, 0.05) is 20.0 Å². The lowest BCUT2D eigenvalue weighted by molar-refractivity contribution is -0.144. The zero-order chi connectivity index (χ0) is 30.1. The lowest BCUT2D eigenvalue weighted by Gasteiger charge is -2.38. The van der Waals surface area contributed by atoms with Crippen molar-refractivity contribution in [3.63, 3.8) is 0 Å². The Kier molecular flexibility index (Phi) is 8.00. The van der Waals surface area contributed by atoms with Crippen molar-refractivity contribution in [3.05, 3.63) is 94.3 Å². The van der Waals surface area contributed by atoms with Crippen molar-refractivity contribution < 1.29 is 24.6 Å². The molecule has 218 valence electrons. The molecule has 5 N–H and O–H groups in total. The van der Waals surface area contributed by atoms with Crippen LogP contribution in [0, 0.1) is 13.8 Å². The van der Waals surface area contributed by atoms with Gasteiger partial charge in [-0.15, -0.1) is 0 Å². The van der Waals surface area contributed by atoms with Gasteiger partial charge in [-0.2, -0.15) is 0 Å². The van der Waals surface area contributed by atoms with E-state index >= 15 is 0 Å². The first-order valence-electron chi connectivity index (χ1n) is 13.9. The summed E-state index contributed by atoms with van der Waals surface area (Å²) in [5.74, 6) is -1.38. The van der Waals surface area contributed by atoms with Crippen LogP contribution in [0.25, 0.3) is 11.0 Å². The number of nitrogens with two attached hydrogens (primary N) is 1. The maximum Gasteiger partial charge on any atom is 0.305 e. The first-order chi connectivity index (χ1) is 20.0. The summed E-state index contributed by atoms with van der Waals surface area (Å²) >= 11 is 0. The Morgan fingerprint density at radius 2 is 1.69 bits per heavy atom. The lowest BCUT2D eigenvalue weighted by atomic mass is 9.91. The van der Waals surface area contributed by atoms with Crippen molar-refractivity contribution >= 4 is 28.8 Å². The second-order valence-corrected chi connectivity index (χ2v) is 11.0. The second kappa shape index (κ2) is 11.7. The van der Waals surface area contributed by atoms with Crippen LogP contribution in [0.3, 0.4) is 0 Å². The van der Waals surface area contributed by atoms with E-state index in [1.54, 1.807) is 23.7 Å². The van der Waals surface area contributed by atoms with Crippen molar-refractivity contribution in [2.24, 2.45) is 12.8 Å². The van der Waals surface area contributed by atoms with Gasteiger partial charge in [0.2, 0.25) is 11.8 Å². The van der Waals surface area contributed by atoms with Gasteiger partial charge in [-0.1, -0.05) is 36.4 Å². The number of aromatic hydroxyl groups is 1. The van der Waals surface area contributed by atoms with Crippen molar-refractivity contribution in [1.82, 2.24) is 19.8 Å². The number of aryl methyl sites for hydroxylation is 3. The summed E-state index contributed by atoms with van der Waals surface area (Å²) in [7, 11) is 1.78. The average Bonchev–Trinajstić information content (AvgIpc) is 3.29. The minimum absolute atomic E-state index is 0.148. The number of phenolic OH excluding ortho intramolecular Hbond substituents is 1. The quantitative estimate of drug-likeness (QED) is 0.255. The summed E-state index contributed by atoms with van der Waals surface area (Å²) < 4.78 is 1.78. The Bertz CT molecular complexity index is 1660.